The first kappa shape index (κ1) is 14.1. The summed E-state index contributed by atoms with van der Waals surface area (Å²) in [7, 11) is 0. The van der Waals surface area contributed by atoms with Crippen molar-refractivity contribution in [3.8, 4) is 0 Å². The van der Waals surface area contributed by atoms with Gasteiger partial charge in [0.1, 0.15) is 6.54 Å². The number of rotatable bonds is 5. The van der Waals surface area contributed by atoms with Gasteiger partial charge >= 0.3 is 5.97 Å². The van der Waals surface area contributed by atoms with Gasteiger partial charge in [0.05, 0.1) is 0 Å². The molecular weight excluding hydrogens is 252 g/mol. The first-order chi connectivity index (χ1) is 9.54. The van der Waals surface area contributed by atoms with E-state index in [-0.39, 0.29) is 6.54 Å². The van der Waals surface area contributed by atoms with Crippen LogP contribution in [0.25, 0.3) is 0 Å². The topological polar surface area (TPSA) is 53.4 Å². The number of hydrogen-bond acceptors (Lipinski definition) is 3. The van der Waals surface area contributed by atoms with Crippen LogP contribution in [0.1, 0.15) is 16.7 Å². The number of aliphatic carboxylic acids is 1. The summed E-state index contributed by atoms with van der Waals surface area (Å²) in [6.07, 6.45) is 3.56. The van der Waals surface area contributed by atoms with Crippen LogP contribution in [-0.4, -0.2) is 22.6 Å². The van der Waals surface area contributed by atoms with E-state index >= 15 is 0 Å². The van der Waals surface area contributed by atoms with Crippen molar-refractivity contribution in [2.75, 3.05) is 11.4 Å². The first-order valence-corrected chi connectivity index (χ1v) is 6.48. The smallest absolute Gasteiger partial charge is 0.323 e. The quantitative estimate of drug-likeness (QED) is 0.907. The van der Waals surface area contributed by atoms with E-state index in [1.807, 2.05) is 49.1 Å². The number of carboxylic acid groups (broad SMARTS) is 1. The summed E-state index contributed by atoms with van der Waals surface area (Å²) < 4.78 is 0. The molecule has 4 heteroatoms. The highest BCUT2D eigenvalue weighted by molar-refractivity contribution is 5.73. The van der Waals surface area contributed by atoms with E-state index in [0.29, 0.717) is 6.54 Å². The first-order valence-electron chi connectivity index (χ1n) is 6.48. The molecule has 0 bridgehead atoms. The number of aryl methyl sites for hydroxylation is 2. The second-order valence-electron chi connectivity index (χ2n) is 4.96. The van der Waals surface area contributed by atoms with Crippen molar-refractivity contribution in [2.45, 2.75) is 20.4 Å². The highest BCUT2D eigenvalue weighted by atomic mass is 16.4. The molecule has 1 aromatic carbocycles. The maximum absolute atomic E-state index is 11.0. The van der Waals surface area contributed by atoms with Crippen molar-refractivity contribution in [3.63, 3.8) is 0 Å². The second kappa shape index (κ2) is 6.19. The SMILES string of the molecule is Cc1ccc(N(CC(=O)O)Cc2cncc(C)c2)cc1. The number of carboxylic acids is 1. The molecule has 0 fully saturated rings. The van der Waals surface area contributed by atoms with Gasteiger partial charge in [-0.2, -0.15) is 0 Å². The van der Waals surface area contributed by atoms with Gasteiger partial charge in [-0.3, -0.25) is 9.78 Å². The lowest BCUT2D eigenvalue weighted by atomic mass is 10.1. The average Bonchev–Trinajstić information content (AvgIpc) is 2.38. The number of anilines is 1. The van der Waals surface area contributed by atoms with E-state index in [1.165, 1.54) is 0 Å². The molecule has 4 nitrogen and oxygen atoms in total. The fraction of sp³-hybridized carbons (Fsp3) is 0.250. The molecule has 0 radical (unpaired) electrons. The zero-order valence-electron chi connectivity index (χ0n) is 11.7. The van der Waals surface area contributed by atoms with Crippen molar-refractivity contribution in [3.05, 3.63) is 59.4 Å². The summed E-state index contributed by atoms with van der Waals surface area (Å²) in [4.78, 5) is 17.0. The summed E-state index contributed by atoms with van der Waals surface area (Å²) in [5.74, 6) is -0.841. The van der Waals surface area contributed by atoms with Crippen LogP contribution >= 0.6 is 0 Å². The molecule has 2 rings (SSSR count). The van der Waals surface area contributed by atoms with Crippen LogP contribution < -0.4 is 4.90 Å². The Morgan fingerprint density at radius 2 is 1.85 bits per heavy atom. The number of pyridine rings is 1. The van der Waals surface area contributed by atoms with E-state index in [0.717, 1.165) is 22.4 Å². The number of benzene rings is 1. The molecular formula is C16H18N2O2. The molecule has 0 aliphatic rings. The zero-order chi connectivity index (χ0) is 14.5. The summed E-state index contributed by atoms with van der Waals surface area (Å²) in [5.41, 5.74) is 4.13. The molecule has 0 aliphatic carbocycles. The second-order valence-corrected chi connectivity index (χ2v) is 4.96. The van der Waals surface area contributed by atoms with Gasteiger partial charge in [0.15, 0.2) is 0 Å². The molecule has 0 atom stereocenters. The van der Waals surface area contributed by atoms with Crippen LogP contribution in [-0.2, 0) is 11.3 Å². The standard InChI is InChI=1S/C16H18N2O2/c1-12-3-5-15(6-4-12)18(11-16(19)20)10-14-7-13(2)8-17-9-14/h3-9H,10-11H2,1-2H3,(H,19,20). The molecule has 0 amide bonds. The van der Waals surface area contributed by atoms with Gasteiger partial charge in [-0.25, -0.2) is 0 Å². The Kier molecular flexibility index (Phi) is 4.35. The lowest BCUT2D eigenvalue weighted by molar-refractivity contribution is -0.135. The Balaban J connectivity index is 2.23. The van der Waals surface area contributed by atoms with E-state index in [9.17, 15) is 4.79 Å². The molecule has 1 heterocycles. The van der Waals surface area contributed by atoms with Crippen LogP contribution in [0.15, 0.2) is 42.7 Å². The third kappa shape index (κ3) is 3.82. The minimum atomic E-state index is -0.841. The molecule has 2 aromatic rings. The van der Waals surface area contributed by atoms with Crippen LogP contribution in [0.5, 0.6) is 0 Å². The van der Waals surface area contributed by atoms with Crippen molar-refractivity contribution >= 4 is 11.7 Å². The molecule has 1 aromatic heterocycles. The Bertz CT molecular complexity index is 594. The largest absolute Gasteiger partial charge is 0.480 e. The van der Waals surface area contributed by atoms with Gasteiger partial charge < -0.3 is 10.0 Å². The summed E-state index contributed by atoms with van der Waals surface area (Å²) in [5, 5.41) is 9.08. The molecule has 0 saturated heterocycles. The molecule has 104 valence electrons. The fourth-order valence-corrected chi connectivity index (χ4v) is 2.08. The Morgan fingerprint density at radius 1 is 1.15 bits per heavy atom. The number of nitrogens with zero attached hydrogens (tertiary/aromatic N) is 2. The maximum atomic E-state index is 11.0. The van der Waals surface area contributed by atoms with Crippen LogP contribution in [0, 0.1) is 13.8 Å². The average molecular weight is 270 g/mol. The number of carbonyl (C=O) groups is 1. The highest BCUT2D eigenvalue weighted by Crippen LogP contribution is 2.18. The van der Waals surface area contributed by atoms with E-state index in [1.54, 1.807) is 12.4 Å². The van der Waals surface area contributed by atoms with Gasteiger partial charge in [-0.15, -0.1) is 0 Å². The van der Waals surface area contributed by atoms with Gasteiger partial charge in [0.25, 0.3) is 0 Å². The molecule has 1 N–H and O–H groups in total. The minimum absolute atomic E-state index is 0.0308. The highest BCUT2D eigenvalue weighted by Gasteiger charge is 2.11. The lowest BCUT2D eigenvalue weighted by Gasteiger charge is -2.23. The lowest BCUT2D eigenvalue weighted by Crippen LogP contribution is -2.29. The van der Waals surface area contributed by atoms with Crippen molar-refractivity contribution in [1.29, 1.82) is 0 Å². The third-order valence-electron chi connectivity index (χ3n) is 3.03. The van der Waals surface area contributed by atoms with E-state index in [2.05, 4.69) is 4.98 Å². The Labute approximate surface area is 118 Å². The fourth-order valence-electron chi connectivity index (χ4n) is 2.08. The molecule has 0 unspecified atom stereocenters. The Morgan fingerprint density at radius 3 is 2.45 bits per heavy atom. The summed E-state index contributed by atoms with van der Waals surface area (Å²) >= 11 is 0. The van der Waals surface area contributed by atoms with E-state index in [4.69, 9.17) is 5.11 Å². The van der Waals surface area contributed by atoms with E-state index < -0.39 is 5.97 Å². The Hall–Kier alpha value is -2.36. The summed E-state index contributed by atoms with van der Waals surface area (Å²) in [6.45, 7) is 4.49. The normalized spacial score (nSPS) is 10.3. The van der Waals surface area contributed by atoms with Gasteiger partial charge in [-0.1, -0.05) is 23.8 Å². The molecule has 0 saturated carbocycles. The van der Waals surface area contributed by atoms with Crippen molar-refractivity contribution in [2.24, 2.45) is 0 Å². The summed E-state index contributed by atoms with van der Waals surface area (Å²) in [6, 6.07) is 9.89. The number of aromatic nitrogens is 1. The van der Waals surface area contributed by atoms with Crippen LogP contribution in [0.4, 0.5) is 5.69 Å². The third-order valence-corrected chi connectivity index (χ3v) is 3.03. The van der Waals surface area contributed by atoms with Gasteiger partial charge in [-0.05, 0) is 37.1 Å². The van der Waals surface area contributed by atoms with Gasteiger partial charge in [0.2, 0.25) is 0 Å². The molecule has 0 spiro atoms. The molecule has 20 heavy (non-hydrogen) atoms. The van der Waals surface area contributed by atoms with Crippen molar-refractivity contribution < 1.29 is 9.90 Å². The van der Waals surface area contributed by atoms with Crippen molar-refractivity contribution in [1.82, 2.24) is 4.98 Å². The zero-order valence-corrected chi connectivity index (χ0v) is 11.7. The maximum Gasteiger partial charge on any atom is 0.323 e. The van der Waals surface area contributed by atoms with Crippen LogP contribution in [0.2, 0.25) is 0 Å². The molecule has 0 aliphatic heterocycles. The van der Waals surface area contributed by atoms with Crippen LogP contribution in [0.3, 0.4) is 0 Å². The monoisotopic (exact) mass is 270 g/mol. The predicted molar refractivity (Wildman–Crippen MR) is 78.8 cm³/mol. The minimum Gasteiger partial charge on any atom is -0.480 e. The predicted octanol–water partition coefficient (Wildman–Crippen LogP) is 2.79. The number of hydrogen-bond donors (Lipinski definition) is 1. The van der Waals surface area contributed by atoms with Gasteiger partial charge in [0, 0.05) is 24.6 Å².